The van der Waals surface area contributed by atoms with Crippen molar-refractivity contribution >= 4 is 6.29 Å². The molecule has 0 N–H and O–H groups in total. The Morgan fingerprint density at radius 1 is 0.545 bits per heavy atom. The Labute approximate surface area is 140 Å². The molecule has 0 aromatic rings. The lowest BCUT2D eigenvalue weighted by Crippen LogP contribution is -2.02. The zero-order chi connectivity index (χ0) is 16.3. The van der Waals surface area contributed by atoms with Gasteiger partial charge in [-0.15, -0.1) is 0 Å². The van der Waals surface area contributed by atoms with Crippen LogP contribution < -0.4 is 0 Å². The Kier molecular flexibility index (Phi) is 18.4. The molecule has 0 saturated heterocycles. The lowest BCUT2D eigenvalue weighted by atomic mass is 9.95. The maximum absolute atomic E-state index is 11.1. The molecule has 0 aromatic heterocycles. The summed E-state index contributed by atoms with van der Waals surface area (Å²) in [6, 6.07) is 0. The van der Waals surface area contributed by atoms with Crippen molar-refractivity contribution in [2.24, 2.45) is 5.92 Å². The highest BCUT2D eigenvalue weighted by Crippen LogP contribution is 2.18. The van der Waals surface area contributed by atoms with E-state index in [1.165, 1.54) is 103 Å². The Morgan fingerprint density at radius 2 is 0.864 bits per heavy atom. The SMILES string of the molecule is CCCCCCCCCCC(C=O)CCCCCCCCC. The van der Waals surface area contributed by atoms with Gasteiger partial charge in [-0.2, -0.15) is 0 Å². The summed E-state index contributed by atoms with van der Waals surface area (Å²) < 4.78 is 0. The van der Waals surface area contributed by atoms with Crippen LogP contribution in [0.3, 0.4) is 0 Å². The van der Waals surface area contributed by atoms with Crippen molar-refractivity contribution in [2.45, 2.75) is 123 Å². The van der Waals surface area contributed by atoms with Crippen molar-refractivity contribution in [3.8, 4) is 0 Å². The van der Waals surface area contributed by atoms with Crippen LogP contribution in [0.1, 0.15) is 123 Å². The second-order valence-electron chi connectivity index (χ2n) is 7.07. The van der Waals surface area contributed by atoms with Gasteiger partial charge in [-0.05, 0) is 12.8 Å². The molecular formula is C21H42O. The summed E-state index contributed by atoms with van der Waals surface area (Å²) in [6.07, 6.45) is 23.8. The predicted molar refractivity (Wildman–Crippen MR) is 99.4 cm³/mol. The van der Waals surface area contributed by atoms with Gasteiger partial charge in [0, 0.05) is 5.92 Å². The molecule has 0 aromatic carbocycles. The normalized spacial score (nSPS) is 12.5. The lowest BCUT2D eigenvalue weighted by Gasteiger charge is -2.10. The molecule has 0 aliphatic rings. The van der Waals surface area contributed by atoms with Crippen LogP contribution in [0.4, 0.5) is 0 Å². The summed E-state index contributed by atoms with van der Waals surface area (Å²) in [4.78, 5) is 11.1. The van der Waals surface area contributed by atoms with Crippen LogP contribution in [-0.2, 0) is 4.79 Å². The highest BCUT2D eigenvalue weighted by Gasteiger charge is 2.06. The molecule has 0 amide bonds. The van der Waals surface area contributed by atoms with Gasteiger partial charge >= 0.3 is 0 Å². The first-order valence-corrected chi connectivity index (χ1v) is 10.3. The molecule has 0 radical (unpaired) electrons. The molecule has 1 nitrogen and oxygen atoms in total. The van der Waals surface area contributed by atoms with E-state index in [0.29, 0.717) is 5.92 Å². The van der Waals surface area contributed by atoms with Crippen molar-refractivity contribution in [1.82, 2.24) is 0 Å². The molecule has 0 aliphatic carbocycles. The number of carbonyl (C=O) groups is 1. The van der Waals surface area contributed by atoms with E-state index in [0.717, 1.165) is 12.8 Å². The van der Waals surface area contributed by atoms with Gasteiger partial charge in [-0.25, -0.2) is 0 Å². The summed E-state index contributed by atoms with van der Waals surface area (Å²) >= 11 is 0. The van der Waals surface area contributed by atoms with Gasteiger partial charge in [0.2, 0.25) is 0 Å². The first-order valence-electron chi connectivity index (χ1n) is 10.3. The third-order valence-corrected chi connectivity index (χ3v) is 4.80. The molecular weight excluding hydrogens is 268 g/mol. The molecule has 0 spiro atoms. The third-order valence-electron chi connectivity index (χ3n) is 4.80. The van der Waals surface area contributed by atoms with Crippen molar-refractivity contribution < 1.29 is 4.79 Å². The maximum atomic E-state index is 11.1. The molecule has 1 heteroatoms. The quantitative estimate of drug-likeness (QED) is 0.189. The van der Waals surface area contributed by atoms with E-state index >= 15 is 0 Å². The predicted octanol–water partition coefficient (Wildman–Crippen LogP) is 7.47. The van der Waals surface area contributed by atoms with E-state index in [9.17, 15) is 4.79 Å². The summed E-state index contributed by atoms with van der Waals surface area (Å²) in [7, 11) is 0. The summed E-state index contributed by atoms with van der Waals surface area (Å²) in [5, 5.41) is 0. The number of rotatable bonds is 18. The Bertz CT molecular complexity index is 212. The molecule has 0 bridgehead atoms. The number of unbranched alkanes of at least 4 members (excludes halogenated alkanes) is 13. The van der Waals surface area contributed by atoms with Crippen molar-refractivity contribution in [3.05, 3.63) is 0 Å². The van der Waals surface area contributed by atoms with Crippen molar-refractivity contribution in [3.63, 3.8) is 0 Å². The minimum Gasteiger partial charge on any atom is -0.303 e. The van der Waals surface area contributed by atoms with E-state index < -0.39 is 0 Å². The van der Waals surface area contributed by atoms with Gasteiger partial charge in [0.25, 0.3) is 0 Å². The van der Waals surface area contributed by atoms with E-state index in [-0.39, 0.29) is 0 Å². The second kappa shape index (κ2) is 18.7. The Morgan fingerprint density at radius 3 is 1.18 bits per heavy atom. The number of carbonyl (C=O) groups excluding carboxylic acids is 1. The van der Waals surface area contributed by atoms with Crippen LogP contribution in [0.15, 0.2) is 0 Å². The van der Waals surface area contributed by atoms with Crippen molar-refractivity contribution in [1.29, 1.82) is 0 Å². The van der Waals surface area contributed by atoms with Crippen LogP contribution in [0, 0.1) is 5.92 Å². The highest BCUT2D eigenvalue weighted by atomic mass is 16.1. The monoisotopic (exact) mass is 310 g/mol. The topological polar surface area (TPSA) is 17.1 Å². The van der Waals surface area contributed by atoms with Gasteiger partial charge in [0.05, 0.1) is 0 Å². The van der Waals surface area contributed by atoms with E-state index in [2.05, 4.69) is 13.8 Å². The molecule has 22 heavy (non-hydrogen) atoms. The molecule has 1 atom stereocenters. The fraction of sp³-hybridized carbons (Fsp3) is 0.952. The summed E-state index contributed by atoms with van der Waals surface area (Å²) in [5.41, 5.74) is 0. The molecule has 0 saturated carbocycles. The maximum Gasteiger partial charge on any atom is 0.123 e. The highest BCUT2D eigenvalue weighted by molar-refractivity contribution is 5.53. The zero-order valence-electron chi connectivity index (χ0n) is 15.6. The van der Waals surface area contributed by atoms with Gasteiger partial charge in [0.15, 0.2) is 0 Å². The molecule has 0 aliphatic heterocycles. The number of hydrogen-bond acceptors (Lipinski definition) is 1. The first-order chi connectivity index (χ1) is 10.8. The smallest absolute Gasteiger partial charge is 0.123 e. The fourth-order valence-electron chi connectivity index (χ4n) is 3.18. The molecule has 0 heterocycles. The standard InChI is InChI=1S/C21H42O/c1-3-5-7-9-11-13-15-17-19-21(20-22)18-16-14-12-10-8-6-4-2/h20-21H,3-19H2,1-2H3. The molecule has 0 fully saturated rings. The van der Waals surface area contributed by atoms with E-state index in [1.54, 1.807) is 0 Å². The van der Waals surface area contributed by atoms with Crippen LogP contribution in [0.2, 0.25) is 0 Å². The van der Waals surface area contributed by atoms with Gasteiger partial charge in [0.1, 0.15) is 6.29 Å². The van der Waals surface area contributed by atoms with Crippen LogP contribution in [0.25, 0.3) is 0 Å². The van der Waals surface area contributed by atoms with Crippen LogP contribution in [0.5, 0.6) is 0 Å². The number of hydrogen-bond donors (Lipinski definition) is 0. The minimum absolute atomic E-state index is 0.343. The zero-order valence-corrected chi connectivity index (χ0v) is 15.6. The minimum atomic E-state index is 0.343. The molecule has 0 rings (SSSR count). The first kappa shape index (κ1) is 21.7. The third kappa shape index (κ3) is 16.0. The van der Waals surface area contributed by atoms with Crippen LogP contribution in [-0.4, -0.2) is 6.29 Å². The average molecular weight is 311 g/mol. The summed E-state index contributed by atoms with van der Waals surface area (Å²) in [5.74, 6) is 0.343. The van der Waals surface area contributed by atoms with Crippen LogP contribution >= 0.6 is 0 Å². The lowest BCUT2D eigenvalue weighted by molar-refractivity contribution is -0.111. The summed E-state index contributed by atoms with van der Waals surface area (Å²) in [6.45, 7) is 4.53. The van der Waals surface area contributed by atoms with Gasteiger partial charge in [-0.3, -0.25) is 0 Å². The average Bonchev–Trinajstić information content (AvgIpc) is 2.54. The largest absolute Gasteiger partial charge is 0.303 e. The van der Waals surface area contributed by atoms with E-state index in [1.807, 2.05) is 0 Å². The molecule has 1 unspecified atom stereocenters. The van der Waals surface area contributed by atoms with Gasteiger partial charge in [-0.1, -0.05) is 110 Å². The van der Waals surface area contributed by atoms with Gasteiger partial charge < -0.3 is 4.79 Å². The Balaban J connectivity index is 3.31. The Hall–Kier alpha value is -0.330. The fourth-order valence-corrected chi connectivity index (χ4v) is 3.18. The second-order valence-corrected chi connectivity index (χ2v) is 7.07. The van der Waals surface area contributed by atoms with Crippen molar-refractivity contribution in [2.75, 3.05) is 0 Å². The van der Waals surface area contributed by atoms with E-state index in [4.69, 9.17) is 0 Å². The number of aldehydes is 1. The molecule has 132 valence electrons.